The third-order valence-corrected chi connectivity index (χ3v) is 3.39. The Morgan fingerprint density at radius 2 is 1.83 bits per heavy atom. The Morgan fingerprint density at radius 3 is 2.54 bits per heavy atom. The van der Waals surface area contributed by atoms with Crippen LogP contribution < -0.4 is 14.8 Å². The summed E-state index contributed by atoms with van der Waals surface area (Å²) in [4.78, 5) is 12.4. The molecule has 0 spiro atoms. The first-order valence-corrected chi connectivity index (χ1v) is 8.21. The van der Waals surface area contributed by atoms with Crippen molar-refractivity contribution in [3.05, 3.63) is 54.1 Å². The van der Waals surface area contributed by atoms with Gasteiger partial charge in [-0.05, 0) is 49.6 Å². The summed E-state index contributed by atoms with van der Waals surface area (Å²) in [5.74, 6) is 1.55. The standard InChI is InChI=1S/C20H25NO3/c1-14(2)13-23-19-11-6-5-10-18(19)21-20(22)16(4)24-17-9-7-8-15(3)12-17/h5-12,14,16H,13H2,1-4H3,(H,21,22). The fourth-order valence-electron chi connectivity index (χ4n) is 2.13. The molecule has 0 aliphatic heterocycles. The molecule has 0 aliphatic carbocycles. The van der Waals surface area contributed by atoms with E-state index in [0.29, 0.717) is 29.7 Å². The fourth-order valence-corrected chi connectivity index (χ4v) is 2.13. The minimum atomic E-state index is -0.607. The van der Waals surface area contributed by atoms with Crippen molar-refractivity contribution in [1.82, 2.24) is 0 Å². The van der Waals surface area contributed by atoms with E-state index in [2.05, 4.69) is 19.2 Å². The van der Waals surface area contributed by atoms with E-state index in [1.165, 1.54) is 0 Å². The summed E-state index contributed by atoms with van der Waals surface area (Å²) < 4.78 is 11.5. The molecule has 2 aromatic carbocycles. The molecule has 4 nitrogen and oxygen atoms in total. The van der Waals surface area contributed by atoms with Gasteiger partial charge in [-0.2, -0.15) is 0 Å². The molecule has 1 N–H and O–H groups in total. The van der Waals surface area contributed by atoms with Gasteiger partial charge in [-0.15, -0.1) is 0 Å². The molecule has 4 heteroatoms. The summed E-state index contributed by atoms with van der Waals surface area (Å²) in [5.41, 5.74) is 1.75. The summed E-state index contributed by atoms with van der Waals surface area (Å²) in [7, 11) is 0. The summed E-state index contributed by atoms with van der Waals surface area (Å²) in [6, 6.07) is 15.1. The summed E-state index contributed by atoms with van der Waals surface area (Å²) in [6.45, 7) is 8.48. The van der Waals surface area contributed by atoms with Gasteiger partial charge in [-0.3, -0.25) is 4.79 Å². The van der Waals surface area contributed by atoms with Gasteiger partial charge in [0.1, 0.15) is 11.5 Å². The fraction of sp³-hybridized carbons (Fsp3) is 0.350. The molecule has 0 saturated carbocycles. The van der Waals surface area contributed by atoms with E-state index in [1.54, 1.807) is 6.92 Å². The van der Waals surface area contributed by atoms with Crippen molar-refractivity contribution in [2.24, 2.45) is 5.92 Å². The minimum Gasteiger partial charge on any atom is -0.491 e. The number of hydrogen-bond donors (Lipinski definition) is 1. The molecular weight excluding hydrogens is 302 g/mol. The average molecular weight is 327 g/mol. The summed E-state index contributed by atoms with van der Waals surface area (Å²) >= 11 is 0. The topological polar surface area (TPSA) is 47.6 Å². The van der Waals surface area contributed by atoms with Crippen LogP contribution in [0.1, 0.15) is 26.3 Å². The van der Waals surface area contributed by atoms with Crippen molar-refractivity contribution in [3.8, 4) is 11.5 Å². The lowest BCUT2D eigenvalue weighted by Gasteiger charge is -2.17. The first-order valence-electron chi connectivity index (χ1n) is 8.21. The lowest BCUT2D eigenvalue weighted by Crippen LogP contribution is -2.30. The average Bonchev–Trinajstić information content (AvgIpc) is 2.54. The van der Waals surface area contributed by atoms with Crippen LogP contribution >= 0.6 is 0 Å². The molecule has 2 aromatic rings. The molecule has 2 rings (SSSR count). The van der Waals surface area contributed by atoms with E-state index >= 15 is 0 Å². The van der Waals surface area contributed by atoms with Crippen molar-refractivity contribution >= 4 is 11.6 Å². The number of ether oxygens (including phenoxy) is 2. The lowest BCUT2D eigenvalue weighted by atomic mass is 10.2. The quantitative estimate of drug-likeness (QED) is 0.818. The largest absolute Gasteiger partial charge is 0.491 e. The van der Waals surface area contributed by atoms with Crippen molar-refractivity contribution in [2.75, 3.05) is 11.9 Å². The molecule has 1 unspecified atom stereocenters. The van der Waals surface area contributed by atoms with Crippen LogP contribution in [0.5, 0.6) is 11.5 Å². The lowest BCUT2D eigenvalue weighted by molar-refractivity contribution is -0.122. The zero-order chi connectivity index (χ0) is 17.5. The highest BCUT2D eigenvalue weighted by Gasteiger charge is 2.17. The number of aryl methyl sites for hydroxylation is 1. The van der Waals surface area contributed by atoms with Gasteiger partial charge < -0.3 is 14.8 Å². The van der Waals surface area contributed by atoms with Gasteiger partial charge in [-0.25, -0.2) is 0 Å². The third kappa shape index (κ3) is 5.30. The Labute approximate surface area is 143 Å². The van der Waals surface area contributed by atoms with Crippen molar-refractivity contribution in [1.29, 1.82) is 0 Å². The van der Waals surface area contributed by atoms with Crippen LogP contribution in [0.15, 0.2) is 48.5 Å². The number of hydrogen-bond acceptors (Lipinski definition) is 3. The van der Waals surface area contributed by atoms with Gasteiger partial charge in [0.2, 0.25) is 0 Å². The first-order chi connectivity index (χ1) is 11.5. The van der Waals surface area contributed by atoms with Crippen molar-refractivity contribution in [2.45, 2.75) is 33.8 Å². The molecular formula is C20H25NO3. The monoisotopic (exact) mass is 327 g/mol. The Balaban J connectivity index is 2.01. The number of para-hydroxylation sites is 2. The highest BCUT2D eigenvalue weighted by molar-refractivity contribution is 5.95. The number of rotatable bonds is 7. The van der Waals surface area contributed by atoms with Crippen LogP contribution in [0, 0.1) is 12.8 Å². The number of anilines is 1. The molecule has 1 amide bonds. The van der Waals surface area contributed by atoms with Crippen LogP contribution in [0.2, 0.25) is 0 Å². The highest BCUT2D eigenvalue weighted by atomic mass is 16.5. The van der Waals surface area contributed by atoms with Crippen LogP contribution in [0.25, 0.3) is 0 Å². The SMILES string of the molecule is Cc1cccc(OC(C)C(=O)Nc2ccccc2OCC(C)C)c1. The third-order valence-electron chi connectivity index (χ3n) is 3.39. The molecule has 128 valence electrons. The Hall–Kier alpha value is -2.49. The number of carbonyl (C=O) groups excluding carboxylic acids is 1. The molecule has 1 atom stereocenters. The maximum absolute atomic E-state index is 12.4. The molecule has 0 saturated heterocycles. The van der Waals surface area contributed by atoms with Crippen LogP contribution in [-0.2, 0) is 4.79 Å². The van der Waals surface area contributed by atoms with Crippen molar-refractivity contribution in [3.63, 3.8) is 0 Å². The second-order valence-corrected chi connectivity index (χ2v) is 6.27. The Bertz CT molecular complexity index is 682. The van der Waals surface area contributed by atoms with E-state index in [4.69, 9.17) is 9.47 Å². The molecule has 0 fully saturated rings. The minimum absolute atomic E-state index is 0.211. The number of amides is 1. The predicted molar refractivity (Wildman–Crippen MR) is 96.7 cm³/mol. The molecule has 0 radical (unpaired) electrons. The maximum Gasteiger partial charge on any atom is 0.265 e. The van der Waals surface area contributed by atoms with Gasteiger partial charge in [0, 0.05) is 0 Å². The second kappa shape index (κ2) is 8.39. The predicted octanol–water partition coefficient (Wildman–Crippen LogP) is 4.44. The van der Waals surface area contributed by atoms with E-state index < -0.39 is 6.10 Å². The Kier molecular flexibility index (Phi) is 6.24. The number of benzene rings is 2. The molecule has 0 bridgehead atoms. The van der Waals surface area contributed by atoms with E-state index in [-0.39, 0.29) is 5.91 Å². The summed E-state index contributed by atoms with van der Waals surface area (Å²) in [5, 5.41) is 2.88. The molecule has 0 aromatic heterocycles. The van der Waals surface area contributed by atoms with Gasteiger partial charge in [0.25, 0.3) is 5.91 Å². The van der Waals surface area contributed by atoms with Gasteiger partial charge >= 0.3 is 0 Å². The smallest absolute Gasteiger partial charge is 0.265 e. The second-order valence-electron chi connectivity index (χ2n) is 6.27. The number of carbonyl (C=O) groups is 1. The zero-order valence-electron chi connectivity index (χ0n) is 14.7. The van der Waals surface area contributed by atoms with Crippen LogP contribution in [-0.4, -0.2) is 18.6 Å². The molecule has 24 heavy (non-hydrogen) atoms. The van der Waals surface area contributed by atoms with E-state index in [9.17, 15) is 4.79 Å². The molecule has 0 aliphatic rings. The van der Waals surface area contributed by atoms with Gasteiger partial charge in [0.05, 0.1) is 12.3 Å². The van der Waals surface area contributed by atoms with E-state index in [1.807, 2.05) is 55.5 Å². The number of nitrogens with one attached hydrogen (secondary N) is 1. The van der Waals surface area contributed by atoms with E-state index in [0.717, 1.165) is 5.56 Å². The Morgan fingerprint density at radius 1 is 1.08 bits per heavy atom. The van der Waals surface area contributed by atoms with Gasteiger partial charge in [-0.1, -0.05) is 38.1 Å². The zero-order valence-corrected chi connectivity index (χ0v) is 14.7. The van der Waals surface area contributed by atoms with Crippen LogP contribution in [0.3, 0.4) is 0 Å². The summed E-state index contributed by atoms with van der Waals surface area (Å²) in [6.07, 6.45) is -0.607. The first kappa shape index (κ1) is 17.9. The maximum atomic E-state index is 12.4. The van der Waals surface area contributed by atoms with Gasteiger partial charge in [0.15, 0.2) is 6.10 Å². The normalized spacial score (nSPS) is 11.9. The highest BCUT2D eigenvalue weighted by Crippen LogP contribution is 2.25. The van der Waals surface area contributed by atoms with Crippen molar-refractivity contribution < 1.29 is 14.3 Å². The van der Waals surface area contributed by atoms with Crippen LogP contribution in [0.4, 0.5) is 5.69 Å². The molecule has 0 heterocycles.